The van der Waals surface area contributed by atoms with Gasteiger partial charge in [0.05, 0.1) is 17.0 Å². The molecule has 2 saturated heterocycles. The number of hydrogen-bond donors (Lipinski definition) is 0. The molecule has 0 radical (unpaired) electrons. The molecule has 29 heavy (non-hydrogen) atoms. The SMILES string of the molecule is O=C(OC1C2OC(C1OC(=O)c1ccccc1)C1C(=O)C=CC21)c1ccccc1. The van der Waals surface area contributed by atoms with E-state index in [1.54, 1.807) is 66.7 Å². The van der Waals surface area contributed by atoms with E-state index < -0.39 is 42.3 Å². The Labute approximate surface area is 167 Å². The van der Waals surface area contributed by atoms with Crippen LogP contribution in [-0.4, -0.2) is 42.1 Å². The number of benzene rings is 2. The molecule has 6 unspecified atom stereocenters. The lowest BCUT2D eigenvalue weighted by molar-refractivity contribution is -0.122. The van der Waals surface area contributed by atoms with Gasteiger partial charge in [-0.3, -0.25) is 4.79 Å². The van der Waals surface area contributed by atoms with E-state index in [1.165, 1.54) is 6.08 Å². The van der Waals surface area contributed by atoms with E-state index in [-0.39, 0.29) is 11.7 Å². The molecule has 2 aromatic carbocycles. The van der Waals surface area contributed by atoms with Crippen molar-refractivity contribution >= 4 is 17.7 Å². The Morgan fingerprint density at radius 3 is 1.83 bits per heavy atom. The minimum atomic E-state index is -0.842. The van der Waals surface area contributed by atoms with Crippen molar-refractivity contribution in [2.24, 2.45) is 11.8 Å². The molecular weight excluding hydrogens is 372 g/mol. The second-order valence-corrected chi connectivity index (χ2v) is 7.40. The molecule has 3 aliphatic rings. The van der Waals surface area contributed by atoms with E-state index in [4.69, 9.17) is 14.2 Å². The standard InChI is InChI=1S/C23H18O6/c24-16-12-11-15-17(16)19-21(29-23(26)14-9-5-2-6-10-14)20(18(15)27-19)28-22(25)13-7-3-1-4-8-13/h1-12,15,17-21H. The van der Waals surface area contributed by atoms with Gasteiger partial charge in [0.25, 0.3) is 0 Å². The summed E-state index contributed by atoms with van der Waals surface area (Å²) in [4.78, 5) is 37.5. The maximum atomic E-state index is 12.6. The first-order chi connectivity index (χ1) is 14.1. The minimum Gasteiger partial charge on any atom is -0.452 e. The van der Waals surface area contributed by atoms with Gasteiger partial charge in [-0.25, -0.2) is 9.59 Å². The van der Waals surface area contributed by atoms with Crippen molar-refractivity contribution in [3.63, 3.8) is 0 Å². The third-order valence-corrected chi connectivity index (χ3v) is 5.75. The highest BCUT2D eigenvalue weighted by Gasteiger charge is 2.65. The quantitative estimate of drug-likeness (QED) is 0.747. The summed E-state index contributed by atoms with van der Waals surface area (Å²) in [7, 11) is 0. The molecule has 2 aromatic rings. The normalized spacial score (nSPS) is 31.5. The molecule has 0 amide bonds. The summed E-state index contributed by atoms with van der Waals surface area (Å²) < 4.78 is 17.4. The molecule has 2 fully saturated rings. The Morgan fingerprint density at radius 2 is 1.28 bits per heavy atom. The highest BCUT2D eigenvalue weighted by atomic mass is 16.6. The van der Waals surface area contributed by atoms with Gasteiger partial charge in [-0.2, -0.15) is 0 Å². The van der Waals surface area contributed by atoms with Gasteiger partial charge in [0, 0.05) is 5.92 Å². The van der Waals surface area contributed by atoms with Crippen LogP contribution < -0.4 is 0 Å². The molecule has 2 bridgehead atoms. The van der Waals surface area contributed by atoms with Gasteiger partial charge < -0.3 is 14.2 Å². The fraction of sp³-hybridized carbons (Fsp3) is 0.261. The average Bonchev–Trinajstić information content (AvgIpc) is 3.42. The zero-order valence-corrected chi connectivity index (χ0v) is 15.3. The maximum absolute atomic E-state index is 12.6. The van der Waals surface area contributed by atoms with Gasteiger partial charge in [0.2, 0.25) is 0 Å². The number of fused-ring (bicyclic) bond motifs is 5. The fourth-order valence-electron chi connectivity index (χ4n) is 4.43. The number of carbonyl (C=O) groups excluding carboxylic acids is 3. The van der Waals surface area contributed by atoms with Crippen molar-refractivity contribution in [1.29, 1.82) is 0 Å². The molecule has 6 atom stereocenters. The first-order valence-electron chi connectivity index (χ1n) is 9.53. The third kappa shape index (κ3) is 2.96. The van der Waals surface area contributed by atoms with Crippen molar-refractivity contribution in [2.75, 3.05) is 0 Å². The first kappa shape index (κ1) is 17.8. The number of ether oxygens (including phenoxy) is 3. The summed E-state index contributed by atoms with van der Waals surface area (Å²) in [6, 6.07) is 17.2. The smallest absolute Gasteiger partial charge is 0.338 e. The van der Waals surface area contributed by atoms with Crippen LogP contribution in [0.4, 0.5) is 0 Å². The number of carbonyl (C=O) groups is 3. The van der Waals surface area contributed by atoms with Crippen molar-refractivity contribution in [3.05, 3.63) is 83.9 Å². The van der Waals surface area contributed by atoms with Crippen molar-refractivity contribution in [1.82, 2.24) is 0 Å². The van der Waals surface area contributed by atoms with Gasteiger partial charge in [-0.05, 0) is 30.3 Å². The molecule has 2 heterocycles. The number of allylic oxidation sites excluding steroid dienone is 1. The van der Waals surface area contributed by atoms with Crippen LogP contribution in [0.3, 0.4) is 0 Å². The summed E-state index contributed by atoms with van der Waals surface area (Å²) in [5.74, 6) is -1.68. The van der Waals surface area contributed by atoms with E-state index in [2.05, 4.69) is 0 Å². The number of esters is 2. The Hall–Kier alpha value is -3.25. The largest absolute Gasteiger partial charge is 0.452 e. The average molecular weight is 390 g/mol. The van der Waals surface area contributed by atoms with Gasteiger partial charge in [-0.1, -0.05) is 42.5 Å². The Bertz CT molecular complexity index is 983. The summed E-state index contributed by atoms with van der Waals surface area (Å²) in [6.07, 6.45) is 0.566. The van der Waals surface area contributed by atoms with Crippen LogP contribution >= 0.6 is 0 Å². The van der Waals surface area contributed by atoms with Gasteiger partial charge in [0.1, 0.15) is 12.2 Å². The summed E-state index contributed by atoms with van der Waals surface area (Å²) in [5.41, 5.74) is 0.786. The highest BCUT2D eigenvalue weighted by Crippen LogP contribution is 2.49. The predicted octanol–water partition coefficient (Wildman–Crippen LogP) is 2.59. The minimum absolute atomic E-state index is 0.0453. The molecule has 5 rings (SSSR count). The lowest BCUT2D eigenvalue weighted by Crippen LogP contribution is -2.50. The lowest BCUT2D eigenvalue weighted by Gasteiger charge is -2.33. The fourth-order valence-corrected chi connectivity index (χ4v) is 4.43. The van der Waals surface area contributed by atoms with Crippen LogP contribution in [0.5, 0.6) is 0 Å². The first-order valence-corrected chi connectivity index (χ1v) is 9.53. The Kier molecular flexibility index (Phi) is 4.28. The van der Waals surface area contributed by atoms with Crippen LogP contribution in [0.25, 0.3) is 0 Å². The van der Waals surface area contributed by atoms with E-state index >= 15 is 0 Å². The molecule has 0 saturated carbocycles. The summed E-state index contributed by atoms with van der Waals surface area (Å²) in [6.45, 7) is 0. The molecular formula is C23H18O6. The Morgan fingerprint density at radius 1 is 0.759 bits per heavy atom. The summed E-state index contributed by atoms with van der Waals surface area (Å²) >= 11 is 0. The monoisotopic (exact) mass is 390 g/mol. The maximum Gasteiger partial charge on any atom is 0.338 e. The zero-order valence-electron chi connectivity index (χ0n) is 15.3. The predicted molar refractivity (Wildman–Crippen MR) is 101 cm³/mol. The molecule has 146 valence electrons. The molecule has 0 aromatic heterocycles. The number of hydrogen-bond acceptors (Lipinski definition) is 6. The van der Waals surface area contributed by atoms with Crippen molar-refractivity contribution in [2.45, 2.75) is 24.4 Å². The van der Waals surface area contributed by atoms with Gasteiger partial charge >= 0.3 is 11.9 Å². The third-order valence-electron chi connectivity index (χ3n) is 5.75. The second kappa shape index (κ2) is 6.97. The van der Waals surface area contributed by atoms with Crippen LogP contribution in [0.15, 0.2) is 72.8 Å². The molecule has 0 N–H and O–H groups in total. The van der Waals surface area contributed by atoms with Crippen LogP contribution in [-0.2, 0) is 19.0 Å². The van der Waals surface area contributed by atoms with E-state index in [1.807, 2.05) is 0 Å². The topological polar surface area (TPSA) is 78.9 Å². The van der Waals surface area contributed by atoms with Gasteiger partial charge in [0.15, 0.2) is 18.0 Å². The second-order valence-electron chi connectivity index (χ2n) is 7.40. The van der Waals surface area contributed by atoms with Crippen LogP contribution in [0.2, 0.25) is 0 Å². The van der Waals surface area contributed by atoms with Crippen LogP contribution in [0, 0.1) is 11.8 Å². The van der Waals surface area contributed by atoms with E-state index in [0.29, 0.717) is 11.1 Å². The van der Waals surface area contributed by atoms with Crippen molar-refractivity contribution < 1.29 is 28.6 Å². The summed E-state index contributed by atoms with van der Waals surface area (Å²) in [5, 5.41) is 0. The number of ketones is 1. The van der Waals surface area contributed by atoms with Gasteiger partial charge in [-0.15, -0.1) is 0 Å². The van der Waals surface area contributed by atoms with E-state index in [9.17, 15) is 14.4 Å². The molecule has 6 nitrogen and oxygen atoms in total. The van der Waals surface area contributed by atoms with Crippen molar-refractivity contribution in [3.8, 4) is 0 Å². The van der Waals surface area contributed by atoms with Crippen LogP contribution in [0.1, 0.15) is 20.7 Å². The molecule has 6 heteroatoms. The zero-order chi connectivity index (χ0) is 20.0. The molecule has 2 aliphatic heterocycles. The Balaban J connectivity index is 1.41. The lowest BCUT2D eigenvalue weighted by atomic mass is 9.77. The molecule has 1 aliphatic carbocycles. The molecule has 0 spiro atoms. The number of rotatable bonds is 4. The highest BCUT2D eigenvalue weighted by molar-refractivity contribution is 5.96. The van der Waals surface area contributed by atoms with E-state index in [0.717, 1.165) is 0 Å².